The summed E-state index contributed by atoms with van der Waals surface area (Å²) < 4.78 is 45.6. The fraction of sp³-hybridized carbons (Fsp3) is 0.0455. The van der Waals surface area contributed by atoms with Crippen molar-refractivity contribution in [1.29, 1.82) is 0 Å². The molecule has 0 aliphatic carbocycles. The molecule has 0 bridgehead atoms. The Morgan fingerprint density at radius 3 is 2.41 bits per heavy atom. The predicted molar refractivity (Wildman–Crippen MR) is 115 cm³/mol. The fourth-order valence-electron chi connectivity index (χ4n) is 2.79. The molecule has 0 unspecified atom stereocenters. The Morgan fingerprint density at radius 1 is 1.03 bits per heavy atom. The van der Waals surface area contributed by atoms with E-state index in [1.807, 2.05) is 0 Å². The van der Waals surface area contributed by atoms with E-state index in [0.717, 1.165) is 0 Å². The number of thiazole rings is 1. The van der Waals surface area contributed by atoms with E-state index in [1.54, 1.807) is 60.7 Å². The smallest absolute Gasteiger partial charge is 0.443 e. The Balaban J connectivity index is 1.60. The first kappa shape index (κ1) is 21.3. The number of carbonyl (C=O) groups is 1. The monoisotopic (exact) mass is 456 g/mol. The number of nitrogens with two attached hydrogens (primary N) is 1. The molecule has 0 atom stereocenters. The topological polar surface area (TPSA) is 90.1 Å². The minimum absolute atomic E-state index is 0.0199. The number of anilines is 2. The third kappa shape index (κ3) is 4.86. The van der Waals surface area contributed by atoms with Crippen molar-refractivity contribution in [2.45, 2.75) is 6.18 Å². The lowest BCUT2D eigenvalue weighted by Crippen LogP contribution is -2.10. The minimum atomic E-state index is -4.59. The van der Waals surface area contributed by atoms with Crippen molar-refractivity contribution in [2.24, 2.45) is 5.73 Å². The molecule has 6 nitrogen and oxygen atoms in total. The number of hydrogen-bond acceptors (Lipinski definition) is 6. The summed E-state index contributed by atoms with van der Waals surface area (Å²) in [4.78, 5) is 19.1. The number of rotatable bonds is 6. The van der Waals surface area contributed by atoms with Crippen LogP contribution in [0.3, 0.4) is 0 Å². The summed E-state index contributed by atoms with van der Waals surface area (Å²) in [6.07, 6.45) is -3.12. The van der Waals surface area contributed by atoms with Gasteiger partial charge in [-0.05, 0) is 30.3 Å². The summed E-state index contributed by atoms with van der Waals surface area (Å²) in [7, 11) is 0. The molecule has 32 heavy (non-hydrogen) atoms. The molecule has 0 spiro atoms. The van der Waals surface area contributed by atoms with Gasteiger partial charge in [0.05, 0.1) is 0 Å². The molecule has 2 heterocycles. The maximum atomic E-state index is 13.3. The van der Waals surface area contributed by atoms with Crippen LogP contribution in [-0.2, 0) is 6.18 Å². The first-order valence-corrected chi connectivity index (χ1v) is 10.1. The second-order valence-corrected chi connectivity index (χ2v) is 7.53. The number of primary amides is 1. The summed E-state index contributed by atoms with van der Waals surface area (Å²) in [5.74, 6) is 0.143. The van der Waals surface area contributed by atoms with Crippen molar-refractivity contribution in [1.82, 2.24) is 9.97 Å². The van der Waals surface area contributed by atoms with E-state index < -0.39 is 17.1 Å². The van der Waals surface area contributed by atoms with Gasteiger partial charge in [0.1, 0.15) is 17.3 Å². The van der Waals surface area contributed by atoms with Crippen LogP contribution in [0.2, 0.25) is 0 Å². The van der Waals surface area contributed by atoms with Crippen LogP contribution in [0.25, 0.3) is 11.3 Å². The molecular formula is C22H15F3N4O2S. The third-order valence-corrected chi connectivity index (χ3v) is 5.25. The molecule has 1 amide bonds. The number of ether oxygens (including phenoxy) is 1. The van der Waals surface area contributed by atoms with E-state index in [4.69, 9.17) is 10.5 Å². The highest BCUT2D eigenvalue weighted by molar-refractivity contribution is 7.14. The van der Waals surface area contributed by atoms with Gasteiger partial charge in [-0.25, -0.2) is 9.97 Å². The van der Waals surface area contributed by atoms with Crippen LogP contribution >= 0.6 is 11.3 Å². The lowest BCUT2D eigenvalue weighted by atomic mass is 10.2. The van der Waals surface area contributed by atoms with Crippen molar-refractivity contribution < 1.29 is 22.7 Å². The number of nitrogens with zero attached hydrogens (tertiary/aromatic N) is 2. The van der Waals surface area contributed by atoms with Crippen LogP contribution in [0, 0.1) is 0 Å². The van der Waals surface area contributed by atoms with Gasteiger partial charge in [-0.1, -0.05) is 41.7 Å². The molecule has 0 fully saturated rings. The molecule has 10 heteroatoms. The number of aromatic nitrogens is 2. The van der Waals surface area contributed by atoms with E-state index in [0.29, 0.717) is 34.0 Å². The molecule has 3 N–H and O–H groups in total. The summed E-state index contributed by atoms with van der Waals surface area (Å²) in [6.45, 7) is 0. The first-order valence-electron chi connectivity index (χ1n) is 9.24. The number of amides is 1. The van der Waals surface area contributed by atoms with Crippen molar-refractivity contribution in [3.8, 4) is 22.1 Å². The summed E-state index contributed by atoms with van der Waals surface area (Å²) in [5.41, 5.74) is 6.85. The van der Waals surface area contributed by atoms with E-state index in [1.165, 1.54) is 12.3 Å². The Morgan fingerprint density at radius 2 is 1.75 bits per heavy atom. The molecule has 0 saturated carbocycles. The maximum Gasteiger partial charge on any atom is 0.443 e. The van der Waals surface area contributed by atoms with Crippen molar-refractivity contribution in [2.75, 3.05) is 5.32 Å². The first-order chi connectivity index (χ1) is 15.3. The predicted octanol–water partition coefficient (Wildman–Crippen LogP) is 5.86. The number of pyridine rings is 1. The molecule has 4 aromatic rings. The quantitative estimate of drug-likeness (QED) is 0.379. The summed E-state index contributed by atoms with van der Waals surface area (Å²) in [6, 6.07) is 18.0. The summed E-state index contributed by atoms with van der Waals surface area (Å²) in [5, 5.41) is 2.06. The zero-order valence-corrected chi connectivity index (χ0v) is 17.1. The van der Waals surface area contributed by atoms with Crippen molar-refractivity contribution in [3.63, 3.8) is 0 Å². The molecule has 4 rings (SSSR count). The van der Waals surface area contributed by atoms with E-state index >= 15 is 0 Å². The summed E-state index contributed by atoms with van der Waals surface area (Å²) >= 11 is 0.427. The fourth-order valence-corrected chi connectivity index (χ4v) is 3.62. The van der Waals surface area contributed by atoms with E-state index in [2.05, 4.69) is 15.3 Å². The number of hydrogen-bond donors (Lipinski definition) is 2. The van der Waals surface area contributed by atoms with E-state index in [-0.39, 0.29) is 16.5 Å². The molecule has 0 saturated heterocycles. The molecule has 2 aromatic carbocycles. The lowest BCUT2D eigenvalue weighted by Gasteiger charge is -2.09. The lowest BCUT2D eigenvalue weighted by molar-refractivity contribution is -0.137. The Kier molecular flexibility index (Phi) is 5.78. The number of carbonyl (C=O) groups excluding carboxylic acids is 1. The minimum Gasteiger partial charge on any atom is -0.444 e. The van der Waals surface area contributed by atoms with Crippen molar-refractivity contribution in [3.05, 3.63) is 83.5 Å². The van der Waals surface area contributed by atoms with Crippen LogP contribution in [-0.4, -0.2) is 15.9 Å². The zero-order chi connectivity index (χ0) is 22.7. The number of halogens is 3. The van der Waals surface area contributed by atoms with Gasteiger partial charge in [0.25, 0.3) is 0 Å². The van der Waals surface area contributed by atoms with Gasteiger partial charge >= 0.3 is 6.18 Å². The highest BCUT2D eigenvalue weighted by atomic mass is 32.1. The van der Waals surface area contributed by atoms with Crippen LogP contribution in [0.15, 0.2) is 72.9 Å². The average Bonchev–Trinajstić information content (AvgIpc) is 3.19. The van der Waals surface area contributed by atoms with Crippen molar-refractivity contribution >= 4 is 28.7 Å². The molecule has 2 aromatic heterocycles. The number of alkyl halides is 3. The second kappa shape index (κ2) is 8.67. The molecular weight excluding hydrogens is 441 g/mol. The van der Waals surface area contributed by atoms with Crippen LogP contribution in [0.1, 0.15) is 15.4 Å². The van der Waals surface area contributed by atoms with Gasteiger partial charge in [-0.3, -0.25) is 4.79 Å². The molecule has 0 aliphatic rings. The molecule has 162 valence electrons. The third-order valence-electron chi connectivity index (χ3n) is 4.27. The SMILES string of the molecule is NC(=O)c1ccc(Nc2cc(Oc3sc(C(F)(F)F)nc3-c3ccccc3)ccn2)cc1. The van der Waals surface area contributed by atoms with Gasteiger partial charge in [0.2, 0.25) is 16.0 Å². The van der Waals surface area contributed by atoms with Crippen LogP contribution in [0.5, 0.6) is 10.8 Å². The highest BCUT2D eigenvalue weighted by Crippen LogP contribution is 2.44. The van der Waals surface area contributed by atoms with Gasteiger partial charge in [0, 0.05) is 29.1 Å². The average molecular weight is 456 g/mol. The van der Waals surface area contributed by atoms with Gasteiger partial charge in [-0.15, -0.1) is 0 Å². The molecule has 0 aliphatic heterocycles. The standard InChI is InChI=1S/C22H15F3N4O2S/c23-22(24,25)21-29-18(13-4-2-1-3-5-13)20(32-21)31-16-10-11-27-17(12-16)28-15-8-6-14(7-9-15)19(26)30/h1-12H,(H2,26,30)(H,27,28). The van der Waals surface area contributed by atoms with Gasteiger partial charge in [0.15, 0.2) is 0 Å². The Hall–Kier alpha value is -3.92. The van der Waals surface area contributed by atoms with Crippen LogP contribution in [0.4, 0.5) is 24.7 Å². The second-order valence-electron chi connectivity index (χ2n) is 6.56. The van der Waals surface area contributed by atoms with Crippen LogP contribution < -0.4 is 15.8 Å². The normalized spacial score (nSPS) is 11.2. The van der Waals surface area contributed by atoms with E-state index in [9.17, 15) is 18.0 Å². The number of nitrogens with one attached hydrogen (secondary N) is 1. The number of benzene rings is 2. The zero-order valence-electron chi connectivity index (χ0n) is 16.3. The Labute approximate surface area is 184 Å². The van der Waals surface area contributed by atoms with Gasteiger partial charge < -0.3 is 15.8 Å². The van der Waals surface area contributed by atoms with Gasteiger partial charge in [-0.2, -0.15) is 13.2 Å². The highest BCUT2D eigenvalue weighted by Gasteiger charge is 2.37. The molecule has 0 radical (unpaired) electrons. The largest absolute Gasteiger partial charge is 0.444 e. The Bertz CT molecular complexity index is 1240. The maximum absolute atomic E-state index is 13.3.